The lowest BCUT2D eigenvalue weighted by Gasteiger charge is -2.19. The van der Waals surface area contributed by atoms with E-state index in [0.29, 0.717) is 17.9 Å². The number of aromatic amines is 1. The molecule has 3 rings (SSSR count). The summed E-state index contributed by atoms with van der Waals surface area (Å²) in [4.78, 5) is 33.5. The van der Waals surface area contributed by atoms with Gasteiger partial charge in [-0.2, -0.15) is 4.98 Å². The van der Waals surface area contributed by atoms with E-state index < -0.39 is 13.2 Å². The smallest absolute Gasteiger partial charge is 0.356 e. The van der Waals surface area contributed by atoms with Gasteiger partial charge >= 0.3 is 7.60 Å². The number of anilines is 1. The molecule has 0 radical (unpaired) electrons. The van der Waals surface area contributed by atoms with E-state index in [1.807, 2.05) is 31.2 Å². The van der Waals surface area contributed by atoms with Gasteiger partial charge in [-0.1, -0.05) is 41.6 Å². The molecule has 11 nitrogen and oxygen atoms in total. The summed E-state index contributed by atoms with van der Waals surface area (Å²) in [5, 5.41) is -0.0501. The summed E-state index contributed by atoms with van der Waals surface area (Å²) in [6, 6.07) is 7.64. The zero-order valence-electron chi connectivity index (χ0n) is 18.4. The number of rotatable bonds is 12. The monoisotopic (exact) mass is 495 g/mol. The highest BCUT2D eigenvalue weighted by atomic mass is 32.2. The molecule has 0 aliphatic rings. The third kappa shape index (κ3) is 7.51. The van der Waals surface area contributed by atoms with Crippen LogP contribution in [0.1, 0.15) is 18.1 Å². The zero-order chi connectivity index (χ0) is 23.8. The van der Waals surface area contributed by atoms with Crippen LogP contribution in [0.4, 0.5) is 5.95 Å². The van der Waals surface area contributed by atoms with Crippen LogP contribution in [-0.2, 0) is 36.3 Å². The Hall–Kier alpha value is -2.50. The van der Waals surface area contributed by atoms with Crippen LogP contribution in [-0.4, -0.2) is 49.9 Å². The van der Waals surface area contributed by atoms with Gasteiger partial charge in [0.2, 0.25) is 5.95 Å². The standard InChI is InChI=1S/C20H26N5O6PS/c1-14-3-5-16(6-4-14)11-31-32(28,30-9-10-33-15(2)26)13-29-8-7-25-12-22-17-18(25)23-20(21)24-19(17)27/h3-6,12H,7-11,13H2,1-2H3,(H3,21,23,24,27). The van der Waals surface area contributed by atoms with Gasteiger partial charge in [0.15, 0.2) is 16.3 Å². The number of nitrogens with two attached hydrogens (primary N) is 1. The lowest BCUT2D eigenvalue weighted by molar-refractivity contribution is -0.109. The van der Waals surface area contributed by atoms with Crippen molar-refractivity contribution in [2.45, 2.75) is 27.0 Å². The molecular weight excluding hydrogens is 469 g/mol. The first-order valence-electron chi connectivity index (χ1n) is 10.1. The second-order valence-corrected chi connectivity index (χ2v) is 10.4. The summed E-state index contributed by atoms with van der Waals surface area (Å²) in [6.45, 7) is 4.05. The molecule has 3 aromatic rings. The van der Waals surface area contributed by atoms with Crippen LogP contribution in [0.25, 0.3) is 11.2 Å². The molecule has 33 heavy (non-hydrogen) atoms. The van der Waals surface area contributed by atoms with Crippen molar-refractivity contribution >= 4 is 41.6 Å². The SMILES string of the molecule is CC(=O)SCCOP(=O)(COCCn1cnc2c(=O)[nH]c(N)nc21)OCc1ccc(C)cc1. The van der Waals surface area contributed by atoms with Crippen molar-refractivity contribution in [3.8, 4) is 0 Å². The number of carbonyl (C=O) groups excluding carboxylic acids is 1. The second kappa shape index (κ2) is 11.6. The largest absolute Gasteiger partial charge is 0.369 e. The van der Waals surface area contributed by atoms with Gasteiger partial charge in [0.25, 0.3) is 5.56 Å². The van der Waals surface area contributed by atoms with Gasteiger partial charge in [-0.15, -0.1) is 0 Å². The number of fused-ring (bicyclic) bond motifs is 1. The first kappa shape index (κ1) is 25.1. The van der Waals surface area contributed by atoms with Crippen molar-refractivity contribution in [1.82, 2.24) is 19.5 Å². The first-order chi connectivity index (χ1) is 15.8. The molecule has 0 saturated heterocycles. The summed E-state index contributed by atoms with van der Waals surface area (Å²) in [7, 11) is -3.59. The number of aryl methyl sites for hydroxylation is 1. The van der Waals surface area contributed by atoms with Crippen LogP contribution < -0.4 is 11.3 Å². The number of hydrogen-bond donors (Lipinski definition) is 2. The Labute approximate surface area is 194 Å². The number of thioether (sulfide) groups is 1. The number of imidazole rings is 1. The van der Waals surface area contributed by atoms with Gasteiger partial charge in [0, 0.05) is 19.2 Å². The summed E-state index contributed by atoms with van der Waals surface area (Å²) in [5.74, 6) is 0.344. The number of H-pyrrole nitrogens is 1. The van der Waals surface area contributed by atoms with E-state index in [9.17, 15) is 14.2 Å². The fraction of sp³-hybridized carbons (Fsp3) is 0.400. The number of aromatic nitrogens is 4. The van der Waals surface area contributed by atoms with E-state index in [1.54, 1.807) is 4.57 Å². The minimum Gasteiger partial charge on any atom is -0.369 e. The maximum absolute atomic E-state index is 13.2. The van der Waals surface area contributed by atoms with Crippen molar-refractivity contribution in [3.05, 3.63) is 52.1 Å². The molecule has 0 aliphatic heterocycles. The summed E-state index contributed by atoms with van der Waals surface area (Å²) in [5.41, 5.74) is 7.62. The van der Waals surface area contributed by atoms with Crippen molar-refractivity contribution in [2.24, 2.45) is 0 Å². The molecular formula is C20H26N5O6PS. The van der Waals surface area contributed by atoms with Crippen LogP contribution in [0.15, 0.2) is 35.4 Å². The Morgan fingerprint density at radius 2 is 2.00 bits per heavy atom. The van der Waals surface area contributed by atoms with E-state index in [-0.39, 0.29) is 42.7 Å². The maximum atomic E-state index is 13.2. The molecule has 2 heterocycles. The van der Waals surface area contributed by atoms with Gasteiger partial charge in [0.05, 0.1) is 26.1 Å². The van der Waals surface area contributed by atoms with Crippen LogP contribution in [0.3, 0.4) is 0 Å². The van der Waals surface area contributed by atoms with E-state index >= 15 is 0 Å². The maximum Gasteiger partial charge on any atom is 0.356 e. The Morgan fingerprint density at radius 1 is 1.24 bits per heavy atom. The number of nitrogen functional groups attached to an aromatic ring is 1. The summed E-state index contributed by atoms with van der Waals surface area (Å²) in [6.07, 6.45) is 1.19. The fourth-order valence-corrected chi connectivity index (χ4v) is 4.67. The third-order valence-corrected chi connectivity index (χ3v) is 6.82. The molecule has 0 spiro atoms. The molecule has 1 atom stereocenters. The third-order valence-electron chi connectivity index (χ3n) is 4.44. The van der Waals surface area contributed by atoms with Crippen LogP contribution in [0.2, 0.25) is 0 Å². The van der Waals surface area contributed by atoms with E-state index in [2.05, 4.69) is 15.0 Å². The molecule has 0 aliphatic carbocycles. The van der Waals surface area contributed by atoms with Gasteiger partial charge in [0.1, 0.15) is 6.35 Å². The molecule has 0 amide bonds. The Bertz CT molecular complexity index is 1200. The number of nitrogens with zero attached hydrogens (tertiary/aromatic N) is 3. The number of hydrogen-bond acceptors (Lipinski definition) is 10. The van der Waals surface area contributed by atoms with Crippen LogP contribution >= 0.6 is 19.4 Å². The highest BCUT2D eigenvalue weighted by Crippen LogP contribution is 2.49. The molecule has 1 unspecified atom stereocenters. The topological polar surface area (TPSA) is 151 Å². The van der Waals surface area contributed by atoms with E-state index in [4.69, 9.17) is 19.5 Å². The molecule has 13 heteroatoms. The molecule has 2 aromatic heterocycles. The molecule has 0 bridgehead atoms. The van der Waals surface area contributed by atoms with Crippen molar-refractivity contribution < 1.29 is 23.1 Å². The van der Waals surface area contributed by atoms with Gasteiger partial charge in [-0.3, -0.25) is 19.1 Å². The predicted octanol–water partition coefficient (Wildman–Crippen LogP) is 2.69. The number of nitrogens with one attached hydrogen (secondary N) is 1. The molecule has 3 N–H and O–H groups in total. The molecule has 1 aromatic carbocycles. The molecule has 0 saturated carbocycles. The fourth-order valence-electron chi connectivity index (χ4n) is 2.80. The summed E-state index contributed by atoms with van der Waals surface area (Å²) < 4.78 is 31.5. The first-order valence-corrected chi connectivity index (χ1v) is 12.8. The second-order valence-electron chi connectivity index (χ2n) is 7.14. The van der Waals surface area contributed by atoms with E-state index in [1.165, 1.54) is 13.3 Å². The molecule has 178 valence electrons. The minimum atomic E-state index is -3.59. The highest BCUT2D eigenvalue weighted by Gasteiger charge is 2.25. The van der Waals surface area contributed by atoms with Crippen molar-refractivity contribution in [1.29, 1.82) is 0 Å². The average molecular weight is 495 g/mol. The minimum absolute atomic E-state index is 0.0130. The predicted molar refractivity (Wildman–Crippen MR) is 126 cm³/mol. The lowest BCUT2D eigenvalue weighted by Crippen LogP contribution is -2.13. The van der Waals surface area contributed by atoms with Gasteiger partial charge < -0.3 is 24.1 Å². The van der Waals surface area contributed by atoms with Gasteiger partial charge in [-0.05, 0) is 12.5 Å². The van der Waals surface area contributed by atoms with Crippen molar-refractivity contribution in [3.63, 3.8) is 0 Å². The van der Waals surface area contributed by atoms with Crippen molar-refractivity contribution in [2.75, 3.05) is 31.0 Å². The Kier molecular flexibility index (Phi) is 8.81. The normalized spacial score (nSPS) is 13.3. The number of benzene rings is 1. The highest BCUT2D eigenvalue weighted by molar-refractivity contribution is 8.13. The van der Waals surface area contributed by atoms with Crippen LogP contribution in [0, 0.1) is 6.92 Å². The average Bonchev–Trinajstić information content (AvgIpc) is 3.17. The zero-order valence-corrected chi connectivity index (χ0v) is 20.1. The Morgan fingerprint density at radius 3 is 2.73 bits per heavy atom. The summed E-state index contributed by atoms with van der Waals surface area (Å²) >= 11 is 1.08. The number of carbonyl (C=O) groups is 1. The van der Waals surface area contributed by atoms with E-state index in [0.717, 1.165) is 22.9 Å². The molecule has 0 fully saturated rings. The van der Waals surface area contributed by atoms with Crippen LogP contribution in [0.5, 0.6) is 0 Å². The Balaban J connectivity index is 1.58. The van der Waals surface area contributed by atoms with Gasteiger partial charge in [-0.25, -0.2) is 4.98 Å². The lowest BCUT2D eigenvalue weighted by atomic mass is 10.2. The quantitative estimate of drug-likeness (QED) is 0.283. The number of ether oxygens (including phenoxy) is 1.